The Hall–Kier alpha value is -0.710. The second-order valence-electron chi connectivity index (χ2n) is 3.59. The number of aryl methyl sites for hydroxylation is 1. The first kappa shape index (κ1) is 11.8. The lowest BCUT2D eigenvalue weighted by atomic mass is 10.0. The van der Waals surface area contributed by atoms with Crippen LogP contribution >= 0.6 is 27.3 Å². The summed E-state index contributed by atoms with van der Waals surface area (Å²) in [7, 11) is 0. The molecule has 0 spiro atoms. The average Bonchev–Trinajstić information content (AvgIpc) is 2.57. The molecule has 1 aromatic carbocycles. The Labute approximate surface area is 106 Å². The molecule has 0 bridgehead atoms. The molecule has 0 radical (unpaired) electrons. The summed E-state index contributed by atoms with van der Waals surface area (Å²) in [6, 6.07) is 8.16. The molecule has 16 heavy (non-hydrogen) atoms. The van der Waals surface area contributed by atoms with Gasteiger partial charge in [0.25, 0.3) is 0 Å². The Balaban J connectivity index is 2.38. The van der Waals surface area contributed by atoms with E-state index in [1.54, 1.807) is 17.4 Å². The molecule has 2 aromatic rings. The van der Waals surface area contributed by atoms with Crippen LogP contribution in [0, 0.1) is 12.7 Å². The van der Waals surface area contributed by atoms with Crippen LogP contribution in [0.2, 0.25) is 0 Å². The molecular weight excluding hydrogens is 289 g/mol. The van der Waals surface area contributed by atoms with E-state index in [0.29, 0.717) is 0 Å². The van der Waals surface area contributed by atoms with Gasteiger partial charge in [-0.3, -0.25) is 0 Å². The summed E-state index contributed by atoms with van der Waals surface area (Å²) < 4.78 is 14.1. The molecule has 0 aliphatic rings. The molecule has 0 saturated carbocycles. The molecule has 1 aromatic heterocycles. The van der Waals surface area contributed by atoms with Crippen molar-refractivity contribution in [3.05, 3.63) is 55.9 Å². The fraction of sp³-hybridized carbons (Fsp3) is 0.167. The predicted octanol–water partition coefficient (Wildman–Crippen LogP) is 4.01. The summed E-state index contributed by atoms with van der Waals surface area (Å²) in [6.07, 6.45) is 0. The maximum Gasteiger partial charge on any atom is 0.123 e. The molecule has 0 aliphatic heterocycles. The van der Waals surface area contributed by atoms with Gasteiger partial charge in [0.05, 0.1) is 9.83 Å². The second kappa shape index (κ2) is 4.65. The van der Waals surface area contributed by atoms with Crippen LogP contribution < -0.4 is 5.73 Å². The van der Waals surface area contributed by atoms with Crippen LogP contribution in [0.1, 0.15) is 22.0 Å². The lowest BCUT2D eigenvalue weighted by Crippen LogP contribution is -2.12. The third-order valence-electron chi connectivity index (χ3n) is 2.47. The quantitative estimate of drug-likeness (QED) is 0.891. The van der Waals surface area contributed by atoms with Gasteiger partial charge in [0.1, 0.15) is 5.82 Å². The minimum absolute atomic E-state index is 0.250. The van der Waals surface area contributed by atoms with Gasteiger partial charge in [0.15, 0.2) is 0 Å². The zero-order valence-electron chi connectivity index (χ0n) is 8.71. The highest BCUT2D eigenvalue weighted by atomic mass is 79.9. The van der Waals surface area contributed by atoms with Gasteiger partial charge >= 0.3 is 0 Å². The maximum atomic E-state index is 13.1. The molecule has 0 amide bonds. The summed E-state index contributed by atoms with van der Waals surface area (Å²) >= 11 is 5.07. The molecule has 1 nitrogen and oxygen atoms in total. The van der Waals surface area contributed by atoms with E-state index in [-0.39, 0.29) is 11.9 Å². The molecular formula is C12H11BrFNS. The van der Waals surface area contributed by atoms with Crippen molar-refractivity contribution >= 4 is 27.3 Å². The zero-order valence-corrected chi connectivity index (χ0v) is 11.1. The van der Waals surface area contributed by atoms with Crippen LogP contribution in [0.15, 0.2) is 34.1 Å². The van der Waals surface area contributed by atoms with Gasteiger partial charge in [-0.1, -0.05) is 12.1 Å². The summed E-state index contributed by atoms with van der Waals surface area (Å²) in [5.41, 5.74) is 7.96. The van der Waals surface area contributed by atoms with Crippen molar-refractivity contribution in [2.24, 2.45) is 5.73 Å². The van der Waals surface area contributed by atoms with E-state index >= 15 is 0 Å². The van der Waals surface area contributed by atoms with Crippen LogP contribution in [0.4, 0.5) is 4.39 Å². The van der Waals surface area contributed by atoms with E-state index in [1.807, 2.05) is 19.1 Å². The van der Waals surface area contributed by atoms with E-state index in [2.05, 4.69) is 15.9 Å². The van der Waals surface area contributed by atoms with Crippen LogP contribution in [0.5, 0.6) is 0 Å². The maximum absolute atomic E-state index is 13.1. The number of nitrogens with two attached hydrogens (primary N) is 1. The van der Waals surface area contributed by atoms with Crippen molar-refractivity contribution in [2.75, 3.05) is 0 Å². The standard InChI is InChI=1S/C12H11BrFNS/c1-7-10(6-11(13)16-7)12(15)8-3-2-4-9(14)5-8/h2-6,12H,15H2,1H3. The van der Waals surface area contributed by atoms with Crippen molar-refractivity contribution in [2.45, 2.75) is 13.0 Å². The highest BCUT2D eigenvalue weighted by Crippen LogP contribution is 2.32. The highest BCUT2D eigenvalue weighted by molar-refractivity contribution is 9.11. The van der Waals surface area contributed by atoms with Gasteiger partial charge < -0.3 is 5.73 Å². The average molecular weight is 300 g/mol. The summed E-state index contributed by atoms with van der Waals surface area (Å²) in [6.45, 7) is 2.02. The second-order valence-corrected chi connectivity index (χ2v) is 6.23. The number of rotatable bonds is 2. The minimum atomic E-state index is -0.266. The van der Waals surface area contributed by atoms with Crippen molar-refractivity contribution in [3.63, 3.8) is 0 Å². The Morgan fingerprint density at radius 3 is 2.69 bits per heavy atom. The zero-order chi connectivity index (χ0) is 11.7. The molecule has 0 aliphatic carbocycles. The van der Waals surface area contributed by atoms with Crippen molar-refractivity contribution in [3.8, 4) is 0 Å². The van der Waals surface area contributed by atoms with Gasteiger partial charge in [-0.05, 0) is 52.2 Å². The van der Waals surface area contributed by atoms with Gasteiger partial charge in [-0.25, -0.2) is 4.39 Å². The third-order valence-corrected chi connectivity index (χ3v) is 4.04. The van der Waals surface area contributed by atoms with E-state index < -0.39 is 0 Å². The molecule has 4 heteroatoms. The Morgan fingerprint density at radius 1 is 1.38 bits per heavy atom. The topological polar surface area (TPSA) is 26.0 Å². The number of halogens is 2. The number of hydrogen-bond acceptors (Lipinski definition) is 2. The SMILES string of the molecule is Cc1sc(Br)cc1C(N)c1cccc(F)c1. The molecule has 2 rings (SSSR count). The molecule has 84 valence electrons. The normalized spacial score (nSPS) is 12.8. The van der Waals surface area contributed by atoms with Crippen LogP contribution in [-0.2, 0) is 0 Å². The first-order valence-electron chi connectivity index (χ1n) is 4.85. The monoisotopic (exact) mass is 299 g/mol. The predicted molar refractivity (Wildman–Crippen MR) is 69.2 cm³/mol. The van der Waals surface area contributed by atoms with E-state index in [1.165, 1.54) is 12.1 Å². The first-order chi connectivity index (χ1) is 7.58. The van der Waals surface area contributed by atoms with Crippen LogP contribution in [0.3, 0.4) is 0 Å². The van der Waals surface area contributed by atoms with Crippen LogP contribution in [0.25, 0.3) is 0 Å². The van der Waals surface area contributed by atoms with Crippen LogP contribution in [-0.4, -0.2) is 0 Å². The van der Waals surface area contributed by atoms with Crippen molar-refractivity contribution in [1.82, 2.24) is 0 Å². The van der Waals surface area contributed by atoms with Gasteiger partial charge in [0, 0.05) is 4.88 Å². The van der Waals surface area contributed by atoms with Gasteiger partial charge in [-0.2, -0.15) is 0 Å². The summed E-state index contributed by atoms with van der Waals surface area (Å²) in [5, 5.41) is 0. The number of hydrogen-bond donors (Lipinski definition) is 1. The van der Waals surface area contributed by atoms with E-state index in [4.69, 9.17) is 5.73 Å². The smallest absolute Gasteiger partial charge is 0.123 e. The lowest BCUT2D eigenvalue weighted by Gasteiger charge is -2.11. The van der Waals surface area contributed by atoms with E-state index in [0.717, 1.165) is 19.8 Å². The minimum Gasteiger partial charge on any atom is -0.320 e. The molecule has 1 unspecified atom stereocenters. The van der Waals surface area contributed by atoms with Gasteiger partial charge in [0.2, 0.25) is 0 Å². The lowest BCUT2D eigenvalue weighted by molar-refractivity contribution is 0.623. The number of thiophene rings is 1. The fourth-order valence-electron chi connectivity index (χ4n) is 1.65. The summed E-state index contributed by atoms with van der Waals surface area (Å²) in [5.74, 6) is -0.250. The molecule has 0 fully saturated rings. The fourth-order valence-corrected chi connectivity index (χ4v) is 3.40. The molecule has 2 N–H and O–H groups in total. The Kier molecular flexibility index (Phi) is 3.42. The Bertz CT molecular complexity index is 509. The largest absolute Gasteiger partial charge is 0.320 e. The molecule has 1 heterocycles. The van der Waals surface area contributed by atoms with Crippen molar-refractivity contribution in [1.29, 1.82) is 0 Å². The Morgan fingerprint density at radius 2 is 2.12 bits per heavy atom. The highest BCUT2D eigenvalue weighted by Gasteiger charge is 2.14. The molecule has 1 atom stereocenters. The summed E-state index contributed by atoms with van der Waals surface area (Å²) in [4.78, 5) is 1.16. The van der Waals surface area contributed by atoms with Crippen molar-refractivity contribution < 1.29 is 4.39 Å². The molecule has 0 saturated heterocycles. The third kappa shape index (κ3) is 2.34. The van der Waals surface area contributed by atoms with Gasteiger partial charge in [-0.15, -0.1) is 11.3 Å². The van der Waals surface area contributed by atoms with E-state index in [9.17, 15) is 4.39 Å². The number of benzene rings is 1. The first-order valence-corrected chi connectivity index (χ1v) is 6.46.